The first kappa shape index (κ1) is 24.1. The van der Waals surface area contributed by atoms with Gasteiger partial charge in [-0.05, 0) is 55.5 Å². The molecule has 0 bridgehead atoms. The quantitative estimate of drug-likeness (QED) is 0.189. The first-order chi connectivity index (χ1) is 15.5. The van der Waals surface area contributed by atoms with E-state index in [0.717, 1.165) is 25.3 Å². The fourth-order valence-electron chi connectivity index (χ4n) is 5.19. The van der Waals surface area contributed by atoms with Crippen LogP contribution in [0.2, 0.25) is 0 Å². The highest BCUT2D eigenvalue weighted by Crippen LogP contribution is 2.41. The molecule has 0 saturated carbocycles. The van der Waals surface area contributed by atoms with Gasteiger partial charge in [0, 0.05) is 34.3 Å². The third-order valence-corrected chi connectivity index (χ3v) is 7.71. The van der Waals surface area contributed by atoms with Gasteiger partial charge in [-0.15, -0.1) is 12.4 Å². The maximum absolute atomic E-state index is 5.01. The molecule has 0 amide bonds. The number of halogens is 2. The summed E-state index contributed by atoms with van der Waals surface area (Å²) in [6.07, 6.45) is 3.06. The van der Waals surface area contributed by atoms with Crippen LogP contribution in [0.25, 0.3) is 10.9 Å². The van der Waals surface area contributed by atoms with Gasteiger partial charge in [0.1, 0.15) is 0 Å². The lowest BCUT2D eigenvalue weighted by Crippen LogP contribution is -2.40. The first-order valence-electron chi connectivity index (χ1n) is 11.4. The van der Waals surface area contributed by atoms with Crippen LogP contribution in [0.3, 0.4) is 0 Å². The Bertz CT molecular complexity index is 1280. The third-order valence-electron chi connectivity index (χ3n) is 7.03. The van der Waals surface area contributed by atoms with E-state index in [1.54, 1.807) is 0 Å². The predicted octanol–water partition coefficient (Wildman–Crippen LogP) is 7.36. The second kappa shape index (κ2) is 9.67. The average molecular weight is 572 g/mol. The SMILES string of the molecule is Cc1ccc(Cn2c(C)c(C)c3ccnc(N4CCc5ccccc5C4C(C)I)c32)cc1.Cl. The average Bonchev–Trinajstić information content (AvgIpc) is 3.04. The molecule has 5 heteroatoms. The molecule has 0 aliphatic carbocycles. The van der Waals surface area contributed by atoms with Crippen molar-refractivity contribution in [3.8, 4) is 0 Å². The van der Waals surface area contributed by atoms with Crippen molar-refractivity contribution in [1.82, 2.24) is 9.55 Å². The Morgan fingerprint density at radius 3 is 2.48 bits per heavy atom. The van der Waals surface area contributed by atoms with E-state index in [2.05, 4.69) is 114 Å². The number of aromatic nitrogens is 2. The molecule has 2 unspecified atom stereocenters. The Kier molecular flexibility index (Phi) is 7.06. The van der Waals surface area contributed by atoms with Gasteiger partial charge in [-0.2, -0.15) is 0 Å². The minimum Gasteiger partial charge on any atom is -0.346 e. The van der Waals surface area contributed by atoms with Gasteiger partial charge in [0.15, 0.2) is 5.82 Å². The maximum Gasteiger partial charge on any atom is 0.153 e. The van der Waals surface area contributed by atoms with Crippen molar-refractivity contribution in [3.05, 3.63) is 94.3 Å². The Hall–Kier alpha value is -2.05. The molecule has 4 aromatic rings. The Morgan fingerprint density at radius 2 is 1.76 bits per heavy atom. The van der Waals surface area contributed by atoms with Gasteiger partial charge in [-0.3, -0.25) is 0 Å². The van der Waals surface area contributed by atoms with Gasteiger partial charge in [0.25, 0.3) is 0 Å². The highest BCUT2D eigenvalue weighted by Gasteiger charge is 2.33. The molecule has 0 radical (unpaired) electrons. The van der Waals surface area contributed by atoms with Gasteiger partial charge in [-0.25, -0.2) is 4.98 Å². The summed E-state index contributed by atoms with van der Waals surface area (Å²) in [4.78, 5) is 7.57. The first-order valence-corrected chi connectivity index (χ1v) is 12.7. The molecular weight excluding hydrogens is 541 g/mol. The molecule has 0 spiro atoms. The molecule has 33 heavy (non-hydrogen) atoms. The van der Waals surface area contributed by atoms with Crippen LogP contribution in [0.15, 0.2) is 60.8 Å². The number of alkyl halides is 1. The van der Waals surface area contributed by atoms with Gasteiger partial charge in [0.05, 0.1) is 11.6 Å². The lowest BCUT2D eigenvalue weighted by molar-refractivity contribution is 0.582. The summed E-state index contributed by atoms with van der Waals surface area (Å²) in [6, 6.07) is 20.4. The highest BCUT2D eigenvalue weighted by atomic mass is 127. The molecule has 3 heterocycles. The van der Waals surface area contributed by atoms with E-state index < -0.39 is 0 Å². The van der Waals surface area contributed by atoms with Crippen molar-refractivity contribution in [3.63, 3.8) is 0 Å². The van der Waals surface area contributed by atoms with Crippen LogP contribution in [-0.4, -0.2) is 20.0 Å². The molecule has 0 saturated heterocycles. The Morgan fingerprint density at radius 1 is 1.03 bits per heavy atom. The molecule has 3 nitrogen and oxygen atoms in total. The summed E-state index contributed by atoms with van der Waals surface area (Å²) in [7, 11) is 0. The van der Waals surface area contributed by atoms with Crippen molar-refractivity contribution in [2.75, 3.05) is 11.4 Å². The van der Waals surface area contributed by atoms with E-state index in [4.69, 9.17) is 4.98 Å². The second-order valence-electron chi connectivity index (χ2n) is 9.08. The predicted molar refractivity (Wildman–Crippen MR) is 150 cm³/mol. The van der Waals surface area contributed by atoms with Gasteiger partial charge in [0.2, 0.25) is 0 Å². The van der Waals surface area contributed by atoms with E-state index in [-0.39, 0.29) is 12.4 Å². The van der Waals surface area contributed by atoms with Crippen LogP contribution in [-0.2, 0) is 13.0 Å². The van der Waals surface area contributed by atoms with E-state index in [1.165, 1.54) is 44.4 Å². The summed E-state index contributed by atoms with van der Waals surface area (Å²) in [5.41, 5.74) is 9.50. The van der Waals surface area contributed by atoms with Crippen molar-refractivity contribution in [2.45, 2.75) is 50.6 Å². The molecule has 5 rings (SSSR count). The summed E-state index contributed by atoms with van der Waals surface area (Å²) in [5, 5.41) is 1.32. The zero-order chi connectivity index (χ0) is 22.4. The Labute approximate surface area is 216 Å². The molecule has 1 aliphatic rings. The van der Waals surface area contributed by atoms with E-state index in [9.17, 15) is 0 Å². The third kappa shape index (κ3) is 4.28. The summed E-state index contributed by atoms with van der Waals surface area (Å²) in [6.45, 7) is 10.8. The monoisotopic (exact) mass is 571 g/mol. The van der Waals surface area contributed by atoms with Gasteiger partial charge >= 0.3 is 0 Å². The summed E-state index contributed by atoms with van der Waals surface area (Å²) in [5.74, 6) is 1.12. The fraction of sp³-hybridized carbons (Fsp3) is 0.321. The van der Waals surface area contributed by atoms with Crippen molar-refractivity contribution >= 4 is 51.7 Å². The van der Waals surface area contributed by atoms with Crippen molar-refractivity contribution in [1.29, 1.82) is 0 Å². The topological polar surface area (TPSA) is 21.1 Å². The lowest BCUT2D eigenvalue weighted by atomic mass is 9.91. The largest absolute Gasteiger partial charge is 0.346 e. The summed E-state index contributed by atoms with van der Waals surface area (Å²) < 4.78 is 2.95. The smallest absolute Gasteiger partial charge is 0.153 e. The number of aryl methyl sites for hydroxylation is 2. The van der Waals surface area contributed by atoms with Crippen LogP contribution in [0.1, 0.15) is 46.5 Å². The van der Waals surface area contributed by atoms with E-state index in [1.807, 2.05) is 6.20 Å². The van der Waals surface area contributed by atoms with Crippen LogP contribution in [0.4, 0.5) is 5.82 Å². The molecule has 1 aliphatic heterocycles. The number of rotatable bonds is 4. The minimum absolute atomic E-state index is 0. The molecule has 0 fully saturated rings. The van der Waals surface area contributed by atoms with Crippen LogP contribution < -0.4 is 4.90 Å². The maximum atomic E-state index is 5.01. The number of hydrogen-bond donors (Lipinski definition) is 0. The van der Waals surface area contributed by atoms with E-state index >= 15 is 0 Å². The van der Waals surface area contributed by atoms with E-state index in [0.29, 0.717) is 9.97 Å². The number of pyridine rings is 1. The fourth-order valence-corrected chi connectivity index (χ4v) is 5.97. The standard InChI is InChI=1S/C28H30IN3.ClH/c1-18-9-11-22(12-10-18)17-32-21(4)19(2)24-13-15-30-28(27(24)32)31-16-14-23-7-5-6-8-25(23)26(31)20(3)29;/h5-13,15,20,26H,14,16-17H2,1-4H3;1H. The molecule has 2 aromatic heterocycles. The lowest BCUT2D eigenvalue weighted by Gasteiger charge is -2.40. The summed E-state index contributed by atoms with van der Waals surface area (Å²) >= 11 is 2.59. The zero-order valence-corrected chi connectivity index (χ0v) is 22.7. The Balaban J connectivity index is 0.00000259. The van der Waals surface area contributed by atoms with Crippen molar-refractivity contribution < 1.29 is 0 Å². The number of nitrogens with zero attached hydrogens (tertiary/aromatic N) is 3. The molecule has 0 N–H and O–H groups in total. The number of benzene rings is 2. The number of hydrogen-bond acceptors (Lipinski definition) is 2. The highest BCUT2D eigenvalue weighted by molar-refractivity contribution is 14.1. The number of anilines is 1. The molecule has 2 aromatic carbocycles. The molecule has 2 atom stereocenters. The number of fused-ring (bicyclic) bond motifs is 2. The second-order valence-corrected chi connectivity index (χ2v) is 11.0. The minimum atomic E-state index is 0. The van der Waals surface area contributed by atoms with Gasteiger partial charge < -0.3 is 9.47 Å². The zero-order valence-electron chi connectivity index (χ0n) is 19.7. The van der Waals surface area contributed by atoms with Crippen LogP contribution >= 0.6 is 35.0 Å². The van der Waals surface area contributed by atoms with Crippen molar-refractivity contribution in [2.24, 2.45) is 0 Å². The molecule has 172 valence electrons. The van der Waals surface area contributed by atoms with Gasteiger partial charge in [-0.1, -0.05) is 83.6 Å². The van der Waals surface area contributed by atoms with Crippen LogP contribution in [0.5, 0.6) is 0 Å². The molecular formula is C28H31ClIN3. The normalized spacial score (nSPS) is 16.4. The van der Waals surface area contributed by atoms with Crippen LogP contribution in [0, 0.1) is 20.8 Å².